The van der Waals surface area contributed by atoms with Gasteiger partial charge >= 0.3 is 6.18 Å². The van der Waals surface area contributed by atoms with Crippen molar-refractivity contribution in [1.82, 2.24) is 29.5 Å². The molecule has 8 nitrogen and oxygen atoms in total. The molecule has 11 heteroatoms. The quantitative estimate of drug-likeness (QED) is 0.752. The van der Waals surface area contributed by atoms with Crippen molar-refractivity contribution in [2.75, 3.05) is 24.2 Å². The van der Waals surface area contributed by atoms with Crippen LogP contribution in [-0.4, -0.2) is 43.1 Å². The molecule has 3 heterocycles. The Bertz CT molecular complexity index is 873. The molecular formula is C13H13F3N8. The minimum atomic E-state index is -4.67. The van der Waals surface area contributed by atoms with Crippen molar-refractivity contribution < 1.29 is 13.2 Å². The summed E-state index contributed by atoms with van der Waals surface area (Å²) in [6.07, 6.45) is -1.83. The molecule has 0 fully saturated rings. The molecule has 0 radical (unpaired) electrons. The Hall–Kier alpha value is -2.98. The predicted octanol–water partition coefficient (Wildman–Crippen LogP) is 2.10. The largest absolute Gasteiger partial charge is 0.451 e. The van der Waals surface area contributed by atoms with Crippen molar-refractivity contribution in [3.8, 4) is 5.82 Å². The first-order valence-corrected chi connectivity index (χ1v) is 7.01. The first kappa shape index (κ1) is 15.9. The molecule has 3 rings (SSSR count). The maximum atomic E-state index is 13.0. The minimum Gasteiger partial charge on any atom is -0.371 e. The van der Waals surface area contributed by atoms with Crippen LogP contribution in [0, 0.1) is 0 Å². The second-order valence-corrected chi connectivity index (χ2v) is 4.70. The highest BCUT2D eigenvalue weighted by molar-refractivity contribution is 5.84. The number of alkyl halides is 3. The number of hydrogen-bond donors (Lipinski definition) is 2. The van der Waals surface area contributed by atoms with Gasteiger partial charge < -0.3 is 10.6 Å². The van der Waals surface area contributed by atoms with Crippen LogP contribution in [0.1, 0.15) is 12.7 Å². The van der Waals surface area contributed by atoms with Gasteiger partial charge in [-0.05, 0) is 13.0 Å². The molecule has 0 amide bonds. The van der Waals surface area contributed by atoms with Crippen LogP contribution >= 0.6 is 0 Å². The fourth-order valence-electron chi connectivity index (χ4n) is 2.10. The van der Waals surface area contributed by atoms with Crippen LogP contribution in [0.5, 0.6) is 0 Å². The third-order valence-electron chi connectivity index (χ3n) is 3.11. The molecule has 2 N–H and O–H groups in total. The van der Waals surface area contributed by atoms with Crippen molar-refractivity contribution >= 4 is 22.9 Å². The number of aromatic nitrogens is 6. The number of hydrogen-bond acceptors (Lipinski definition) is 7. The van der Waals surface area contributed by atoms with Crippen LogP contribution in [0.2, 0.25) is 0 Å². The van der Waals surface area contributed by atoms with Gasteiger partial charge in [-0.25, -0.2) is 19.9 Å². The maximum absolute atomic E-state index is 13.0. The van der Waals surface area contributed by atoms with Crippen molar-refractivity contribution in [2.45, 2.75) is 13.1 Å². The fraction of sp³-hybridized carbons (Fsp3) is 0.308. The maximum Gasteiger partial charge on any atom is 0.451 e. The smallest absolute Gasteiger partial charge is 0.371 e. The van der Waals surface area contributed by atoms with Crippen molar-refractivity contribution in [3.63, 3.8) is 0 Å². The van der Waals surface area contributed by atoms with Gasteiger partial charge in [-0.2, -0.15) is 18.2 Å². The van der Waals surface area contributed by atoms with Crippen LogP contribution in [0.3, 0.4) is 0 Å². The molecular weight excluding hydrogens is 325 g/mol. The van der Waals surface area contributed by atoms with Gasteiger partial charge in [-0.3, -0.25) is 4.57 Å². The summed E-state index contributed by atoms with van der Waals surface area (Å²) in [4.78, 5) is 19.4. The normalized spacial score (nSPS) is 11.7. The van der Waals surface area contributed by atoms with E-state index < -0.39 is 12.0 Å². The van der Waals surface area contributed by atoms with Crippen LogP contribution in [0.25, 0.3) is 17.0 Å². The second kappa shape index (κ2) is 5.91. The number of nitrogens with zero attached hydrogens (tertiary/aromatic N) is 6. The van der Waals surface area contributed by atoms with E-state index in [1.54, 1.807) is 6.07 Å². The van der Waals surface area contributed by atoms with Gasteiger partial charge in [0.05, 0.1) is 0 Å². The lowest BCUT2D eigenvalue weighted by molar-refractivity contribution is -0.144. The number of anilines is 2. The topological polar surface area (TPSA) is 93.4 Å². The Kier molecular flexibility index (Phi) is 3.91. The van der Waals surface area contributed by atoms with Gasteiger partial charge in [0, 0.05) is 19.8 Å². The number of fused-ring (bicyclic) bond motifs is 1. The van der Waals surface area contributed by atoms with Crippen LogP contribution < -0.4 is 10.6 Å². The first-order valence-electron chi connectivity index (χ1n) is 7.01. The third-order valence-corrected chi connectivity index (χ3v) is 3.11. The summed E-state index contributed by atoms with van der Waals surface area (Å²) in [6, 6.07) is 1.55. The van der Waals surface area contributed by atoms with Crippen molar-refractivity contribution in [1.29, 1.82) is 0 Å². The van der Waals surface area contributed by atoms with Gasteiger partial charge in [0.25, 0.3) is 0 Å². The van der Waals surface area contributed by atoms with Crippen molar-refractivity contribution in [3.05, 3.63) is 24.4 Å². The van der Waals surface area contributed by atoms with E-state index in [1.807, 2.05) is 6.92 Å². The average molecular weight is 338 g/mol. The fourth-order valence-corrected chi connectivity index (χ4v) is 2.10. The molecule has 3 aromatic heterocycles. The standard InChI is InChI=1S/C13H13F3N8/c1-3-18-12-19-5-4-7(21-12)24-6-20-8-9(17-2)22-11(13(14,15)16)23-10(8)24/h4-6H,3H2,1-2H3,(H,17,22,23)(H,18,19,21). The molecule has 0 saturated heterocycles. The zero-order valence-corrected chi connectivity index (χ0v) is 12.8. The molecule has 0 aromatic carbocycles. The highest BCUT2D eigenvalue weighted by Crippen LogP contribution is 2.30. The number of nitrogens with one attached hydrogen (secondary N) is 2. The van der Waals surface area contributed by atoms with E-state index in [9.17, 15) is 13.2 Å². The molecule has 0 atom stereocenters. The monoisotopic (exact) mass is 338 g/mol. The first-order chi connectivity index (χ1) is 11.4. The van der Waals surface area contributed by atoms with E-state index in [4.69, 9.17) is 0 Å². The van der Waals surface area contributed by atoms with Gasteiger partial charge in [0.2, 0.25) is 11.8 Å². The van der Waals surface area contributed by atoms with Gasteiger partial charge in [0.15, 0.2) is 17.0 Å². The Balaban J connectivity index is 2.20. The van der Waals surface area contributed by atoms with Gasteiger partial charge in [-0.1, -0.05) is 0 Å². The molecule has 126 valence electrons. The van der Waals surface area contributed by atoms with E-state index in [0.717, 1.165) is 0 Å². The summed E-state index contributed by atoms with van der Waals surface area (Å²) in [7, 11) is 1.47. The number of imidazole rings is 1. The zero-order chi connectivity index (χ0) is 17.3. The molecule has 0 aliphatic carbocycles. The van der Waals surface area contributed by atoms with Gasteiger partial charge in [0.1, 0.15) is 12.1 Å². The van der Waals surface area contributed by atoms with Crippen LogP contribution in [0.4, 0.5) is 24.9 Å². The Morgan fingerprint density at radius 1 is 1.17 bits per heavy atom. The minimum absolute atomic E-state index is 0.00261. The van der Waals surface area contributed by atoms with E-state index in [0.29, 0.717) is 18.3 Å². The summed E-state index contributed by atoms with van der Waals surface area (Å²) in [5.74, 6) is -0.554. The number of halogens is 3. The molecule has 0 saturated carbocycles. The Labute approximate surface area is 134 Å². The summed E-state index contributed by atoms with van der Waals surface area (Å²) in [5.41, 5.74) is 0.219. The molecule has 24 heavy (non-hydrogen) atoms. The lowest BCUT2D eigenvalue weighted by Crippen LogP contribution is -2.13. The van der Waals surface area contributed by atoms with E-state index >= 15 is 0 Å². The summed E-state index contributed by atoms with van der Waals surface area (Å²) in [5, 5.41) is 5.54. The summed E-state index contributed by atoms with van der Waals surface area (Å²) in [6.45, 7) is 2.49. The Morgan fingerprint density at radius 2 is 1.96 bits per heavy atom. The molecule has 3 aromatic rings. The highest BCUT2D eigenvalue weighted by atomic mass is 19.4. The van der Waals surface area contributed by atoms with E-state index in [2.05, 4.69) is 35.6 Å². The highest BCUT2D eigenvalue weighted by Gasteiger charge is 2.36. The molecule has 0 aliphatic rings. The predicted molar refractivity (Wildman–Crippen MR) is 81.0 cm³/mol. The average Bonchev–Trinajstić information content (AvgIpc) is 2.97. The molecule has 0 bridgehead atoms. The van der Waals surface area contributed by atoms with E-state index in [-0.39, 0.29) is 17.0 Å². The second-order valence-electron chi connectivity index (χ2n) is 4.70. The van der Waals surface area contributed by atoms with Crippen LogP contribution in [0.15, 0.2) is 18.6 Å². The lowest BCUT2D eigenvalue weighted by atomic mass is 10.4. The third kappa shape index (κ3) is 2.79. The summed E-state index contributed by atoms with van der Waals surface area (Å²) < 4.78 is 40.4. The molecule has 0 spiro atoms. The Morgan fingerprint density at radius 3 is 2.62 bits per heavy atom. The number of rotatable bonds is 4. The summed E-state index contributed by atoms with van der Waals surface area (Å²) >= 11 is 0. The lowest BCUT2D eigenvalue weighted by Gasteiger charge is -2.09. The molecule has 0 unspecified atom stereocenters. The van der Waals surface area contributed by atoms with Crippen LogP contribution in [-0.2, 0) is 6.18 Å². The molecule has 0 aliphatic heterocycles. The SMILES string of the molecule is CCNc1nccc(-n2cnc3c(NC)nc(C(F)(F)F)nc32)n1. The zero-order valence-electron chi connectivity index (χ0n) is 12.8. The van der Waals surface area contributed by atoms with Crippen molar-refractivity contribution in [2.24, 2.45) is 0 Å². The van der Waals surface area contributed by atoms with E-state index in [1.165, 1.54) is 24.1 Å². The van der Waals surface area contributed by atoms with Gasteiger partial charge in [-0.15, -0.1) is 0 Å².